The Balaban J connectivity index is 2.13. The highest BCUT2D eigenvalue weighted by molar-refractivity contribution is 5.66. The monoisotopic (exact) mass is 439 g/mol. The predicted octanol–water partition coefficient (Wildman–Crippen LogP) is 5.11. The minimum absolute atomic E-state index is 0.264. The van der Waals surface area contributed by atoms with Gasteiger partial charge in [0.15, 0.2) is 6.23 Å². The van der Waals surface area contributed by atoms with Crippen molar-refractivity contribution in [2.75, 3.05) is 26.2 Å². The van der Waals surface area contributed by atoms with Crippen LogP contribution in [0.5, 0.6) is 0 Å². The van der Waals surface area contributed by atoms with Crippen LogP contribution in [-0.4, -0.2) is 41.9 Å². The lowest BCUT2D eigenvalue weighted by Crippen LogP contribution is -2.33. The third-order valence-electron chi connectivity index (χ3n) is 5.59. The van der Waals surface area contributed by atoms with Crippen LogP contribution in [0.25, 0.3) is 0 Å². The first-order valence-corrected chi connectivity index (χ1v) is 12.0. The van der Waals surface area contributed by atoms with Crippen molar-refractivity contribution in [3.8, 4) is 0 Å². The molecule has 2 N–H and O–H groups in total. The van der Waals surface area contributed by atoms with Gasteiger partial charge in [0.1, 0.15) is 0 Å². The van der Waals surface area contributed by atoms with Crippen LogP contribution in [0, 0.1) is 0 Å². The Bertz CT molecular complexity index is 758. The molecular weight excluding hydrogens is 398 g/mol. The van der Waals surface area contributed by atoms with Crippen molar-refractivity contribution in [2.45, 2.75) is 65.8 Å². The maximum atomic E-state index is 12.0. The van der Waals surface area contributed by atoms with E-state index in [4.69, 9.17) is 10.5 Å². The van der Waals surface area contributed by atoms with Gasteiger partial charge >= 0.3 is 5.97 Å². The molecular formula is C27H41N3O2. The number of carbonyl (C=O) groups is 1. The molecule has 0 aliphatic carbocycles. The van der Waals surface area contributed by atoms with Crippen molar-refractivity contribution in [3.63, 3.8) is 0 Å². The Hall–Kier alpha value is -2.21. The van der Waals surface area contributed by atoms with Gasteiger partial charge in [0.25, 0.3) is 0 Å². The summed E-state index contributed by atoms with van der Waals surface area (Å²) < 4.78 is 5.83. The molecule has 1 unspecified atom stereocenters. The highest BCUT2D eigenvalue weighted by atomic mass is 16.6. The van der Waals surface area contributed by atoms with Gasteiger partial charge in [-0.05, 0) is 56.4 Å². The van der Waals surface area contributed by atoms with Crippen LogP contribution in [-0.2, 0) is 22.6 Å². The van der Waals surface area contributed by atoms with Gasteiger partial charge in [-0.25, -0.2) is 0 Å². The summed E-state index contributed by atoms with van der Waals surface area (Å²) >= 11 is 0. The second-order valence-electron chi connectivity index (χ2n) is 8.41. The molecule has 1 atom stereocenters. The highest BCUT2D eigenvalue weighted by Gasteiger charge is 2.23. The zero-order valence-corrected chi connectivity index (χ0v) is 20.1. The molecule has 0 aromatic heterocycles. The second kappa shape index (κ2) is 14.8. The van der Waals surface area contributed by atoms with E-state index in [0.717, 1.165) is 50.1 Å². The normalized spacial score (nSPS) is 12.3. The molecule has 0 radical (unpaired) electrons. The molecule has 32 heavy (non-hydrogen) atoms. The molecule has 5 nitrogen and oxygen atoms in total. The van der Waals surface area contributed by atoms with Crippen LogP contribution in [0.3, 0.4) is 0 Å². The summed E-state index contributed by atoms with van der Waals surface area (Å²) in [4.78, 5) is 16.8. The largest absolute Gasteiger partial charge is 0.442 e. The van der Waals surface area contributed by atoms with E-state index >= 15 is 0 Å². The number of nitrogens with two attached hydrogens (primary N) is 1. The number of unbranched alkanes of at least 4 members (excludes halogenated alkanes) is 1. The van der Waals surface area contributed by atoms with E-state index in [1.54, 1.807) is 0 Å². The molecule has 0 amide bonds. The second-order valence-corrected chi connectivity index (χ2v) is 8.41. The molecule has 2 aromatic carbocycles. The number of esters is 1. The van der Waals surface area contributed by atoms with Crippen molar-refractivity contribution < 1.29 is 9.53 Å². The van der Waals surface area contributed by atoms with Crippen LogP contribution >= 0.6 is 0 Å². The number of rotatable bonds is 15. The first-order valence-electron chi connectivity index (χ1n) is 12.0. The molecule has 0 spiro atoms. The van der Waals surface area contributed by atoms with E-state index in [9.17, 15) is 4.79 Å². The molecule has 0 fully saturated rings. The maximum Gasteiger partial charge on any atom is 0.304 e. The van der Waals surface area contributed by atoms with Crippen LogP contribution in [0.2, 0.25) is 0 Å². The summed E-state index contributed by atoms with van der Waals surface area (Å²) in [6.07, 6.45) is 4.16. The maximum absolute atomic E-state index is 12.0. The average Bonchev–Trinajstić information content (AvgIpc) is 2.80. The number of ether oxygens (including phenoxy) is 1. The van der Waals surface area contributed by atoms with E-state index in [1.807, 2.05) is 30.3 Å². The van der Waals surface area contributed by atoms with Crippen molar-refractivity contribution >= 4 is 5.97 Å². The summed E-state index contributed by atoms with van der Waals surface area (Å²) in [5.41, 5.74) is 9.06. The van der Waals surface area contributed by atoms with Crippen molar-refractivity contribution in [1.29, 1.82) is 0 Å². The zero-order valence-electron chi connectivity index (χ0n) is 20.1. The van der Waals surface area contributed by atoms with Crippen LogP contribution < -0.4 is 5.73 Å². The number of nitrogens with zero attached hydrogens (tertiary/aromatic N) is 2. The smallest absolute Gasteiger partial charge is 0.304 e. The fourth-order valence-corrected chi connectivity index (χ4v) is 4.04. The molecule has 5 heteroatoms. The van der Waals surface area contributed by atoms with Gasteiger partial charge in [0.2, 0.25) is 0 Å². The van der Waals surface area contributed by atoms with Crippen molar-refractivity contribution in [1.82, 2.24) is 9.80 Å². The van der Waals surface area contributed by atoms with Gasteiger partial charge in [-0.3, -0.25) is 9.69 Å². The van der Waals surface area contributed by atoms with Gasteiger partial charge in [0, 0.05) is 32.1 Å². The molecule has 0 saturated carbocycles. The van der Waals surface area contributed by atoms with Gasteiger partial charge in [-0.1, -0.05) is 68.4 Å². The summed E-state index contributed by atoms with van der Waals surface area (Å²) in [6, 6.07) is 18.4. The molecule has 0 bridgehead atoms. The standard InChI is InChI=1S/C27H41N3O2/c1-4-17-29(18-5-2)19-9-10-20-30(22-25-15-13-24(21-28)14-16-25)27(32-23(3)31)26-11-7-6-8-12-26/h6-8,11-16,27H,4-5,9-10,17-22,28H2,1-3H3. The number of carbonyl (C=O) groups excluding carboxylic acids is 1. The number of benzene rings is 2. The summed E-state index contributed by atoms with van der Waals surface area (Å²) in [5, 5.41) is 0. The van der Waals surface area contributed by atoms with E-state index in [2.05, 4.69) is 47.9 Å². The summed E-state index contributed by atoms with van der Waals surface area (Å²) in [6.45, 7) is 11.5. The van der Waals surface area contributed by atoms with Crippen molar-refractivity contribution in [3.05, 3.63) is 71.3 Å². The van der Waals surface area contributed by atoms with E-state index in [-0.39, 0.29) is 5.97 Å². The highest BCUT2D eigenvalue weighted by Crippen LogP contribution is 2.25. The van der Waals surface area contributed by atoms with Gasteiger partial charge in [0.05, 0.1) is 0 Å². The molecule has 2 aromatic rings. The third kappa shape index (κ3) is 9.11. The first-order chi connectivity index (χ1) is 15.6. The Morgan fingerprint density at radius 1 is 0.875 bits per heavy atom. The SMILES string of the molecule is CCCN(CCC)CCCCN(Cc1ccc(CN)cc1)C(OC(C)=O)c1ccccc1. The zero-order chi connectivity index (χ0) is 23.2. The topological polar surface area (TPSA) is 58.8 Å². The lowest BCUT2D eigenvalue weighted by molar-refractivity contribution is -0.158. The van der Waals surface area contributed by atoms with E-state index in [1.165, 1.54) is 25.3 Å². The minimum atomic E-state index is -0.398. The molecule has 0 heterocycles. The minimum Gasteiger partial charge on any atom is -0.442 e. The Kier molecular flexibility index (Phi) is 12.0. The molecule has 176 valence electrons. The number of hydrogen-bond donors (Lipinski definition) is 1. The molecule has 2 rings (SSSR count). The van der Waals surface area contributed by atoms with E-state index in [0.29, 0.717) is 13.1 Å². The summed E-state index contributed by atoms with van der Waals surface area (Å²) in [7, 11) is 0. The van der Waals surface area contributed by atoms with Crippen LogP contribution in [0.4, 0.5) is 0 Å². The molecule has 0 saturated heterocycles. The Labute approximate surface area is 194 Å². The average molecular weight is 440 g/mol. The molecule has 0 aliphatic heterocycles. The van der Waals surface area contributed by atoms with Crippen LogP contribution in [0.1, 0.15) is 69.4 Å². The Morgan fingerprint density at radius 2 is 1.47 bits per heavy atom. The predicted molar refractivity (Wildman–Crippen MR) is 132 cm³/mol. The third-order valence-corrected chi connectivity index (χ3v) is 5.59. The van der Waals surface area contributed by atoms with Gasteiger partial charge in [-0.2, -0.15) is 0 Å². The van der Waals surface area contributed by atoms with Crippen LogP contribution in [0.15, 0.2) is 54.6 Å². The van der Waals surface area contributed by atoms with E-state index < -0.39 is 6.23 Å². The lowest BCUT2D eigenvalue weighted by atomic mass is 10.1. The Morgan fingerprint density at radius 3 is 2.03 bits per heavy atom. The van der Waals surface area contributed by atoms with Gasteiger partial charge in [-0.15, -0.1) is 0 Å². The lowest BCUT2D eigenvalue weighted by Gasteiger charge is -2.32. The first kappa shape index (κ1) is 26.0. The fourth-order valence-electron chi connectivity index (χ4n) is 4.04. The van der Waals surface area contributed by atoms with Crippen molar-refractivity contribution in [2.24, 2.45) is 5.73 Å². The molecule has 0 aliphatic rings. The summed E-state index contributed by atoms with van der Waals surface area (Å²) in [5.74, 6) is -0.264. The van der Waals surface area contributed by atoms with Gasteiger partial charge < -0.3 is 15.4 Å². The number of hydrogen-bond acceptors (Lipinski definition) is 5. The quantitative estimate of drug-likeness (QED) is 0.237. The fraction of sp³-hybridized carbons (Fsp3) is 0.519.